The minimum absolute atomic E-state index is 0. The summed E-state index contributed by atoms with van der Waals surface area (Å²) in [6.45, 7) is 2.03. The van der Waals surface area contributed by atoms with Gasteiger partial charge in [0.05, 0.1) is 24.2 Å². The Balaban J connectivity index is 0.00000160. The van der Waals surface area contributed by atoms with E-state index in [4.69, 9.17) is 0 Å². The van der Waals surface area contributed by atoms with Gasteiger partial charge in [0.2, 0.25) is 0 Å². The molecule has 0 unspecified atom stereocenters. The molecule has 0 aliphatic carbocycles. The van der Waals surface area contributed by atoms with Crippen molar-refractivity contribution in [3.63, 3.8) is 0 Å². The molecule has 1 aromatic carbocycles. The summed E-state index contributed by atoms with van der Waals surface area (Å²) in [5.41, 5.74) is 3.48. The molecule has 2 aromatic heterocycles. The van der Waals surface area contributed by atoms with Gasteiger partial charge in [0, 0.05) is 42.8 Å². The Morgan fingerprint density at radius 1 is 1.20 bits per heavy atom. The Morgan fingerprint density at radius 3 is 2.63 bits per heavy atom. The summed E-state index contributed by atoms with van der Waals surface area (Å²) in [4.78, 5) is 21.0. The van der Waals surface area contributed by atoms with Gasteiger partial charge in [0.1, 0.15) is 0 Å². The molecule has 3 N–H and O–H groups in total. The molecule has 1 amide bonds. The number of hydrogen-bond acceptors (Lipinski definition) is 5. The van der Waals surface area contributed by atoms with Crippen molar-refractivity contribution in [1.29, 1.82) is 0 Å². The molecule has 30 heavy (non-hydrogen) atoms. The quantitative estimate of drug-likeness (QED) is 0.555. The van der Waals surface area contributed by atoms with Crippen molar-refractivity contribution in [1.82, 2.24) is 25.2 Å². The Kier molecular flexibility index (Phi) is 8.80. The molecule has 3 heterocycles. The number of rotatable bonds is 5. The molecule has 9 heteroatoms. The minimum atomic E-state index is -0.554. The SMILES string of the molecule is Cl.Cl.O=C(N[C@@H]1CCNC[C@H]1O)c1ccc(-c2ccc(Cn3ccnc3)cn2)cc1. The minimum Gasteiger partial charge on any atom is -0.390 e. The van der Waals surface area contributed by atoms with Gasteiger partial charge in [-0.05, 0) is 36.7 Å². The number of aliphatic hydroxyl groups excluding tert-OH is 1. The van der Waals surface area contributed by atoms with Gasteiger partial charge in [-0.25, -0.2) is 4.98 Å². The van der Waals surface area contributed by atoms with Crippen LogP contribution in [-0.2, 0) is 6.54 Å². The first-order valence-corrected chi connectivity index (χ1v) is 9.40. The van der Waals surface area contributed by atoms with Crippen molar-refractivity contribution >= 4 is 30.7 Å². The van der Waals surface area contributed by atoms with Crippen LogP contribution in [0.4, 0.5) is 0 Å². The summed E-state index contributed by atoms with van der Waals surface area (Å²) in [6.07, 6.45) is 7.48. The highest BCUT2D eigenvalue weighted by atomic mass is 35.5. The maximum atomic E-state index is 12.4. The van der Waals surface area contributed by atoms with E-state index < -0.39 is 6.10 Å². The lowest BCUT2D eigenvalue weighted by molar-refractivity contribution is 0.0765. The zero-order valence-electron chi connectivity index (χ0n) is 16.3. The van der Waals surface area contributed by atoms with Crippen LogP contribution >= 0.6 is 24.8 Å². The fourth-order valence-electron chi connectivity index (χ4n) is 3.33. The maximum absolute atomic E-state index is 12.4. The zero-order chi connectivity index (χ0) is 19.3. The van der Waals surface area contributed by atoms with Gasteiger partial charge in [0.25, 0.3) is 5.91 Å². The standard InChI is InChI=1S/C21H23N5O2.2ClH/c27-20-12-22-8-7-19(20)25-21(28)17-4-2-16(3-5-17)18-6-1-15(11-24-18)13-26-10-9-23-14-26;;/h1-6,9-11,14,19-20,22,27H,7-8,12-13H2,(H,25,28);2*1H/t19-,20-;;/m1../s1. The molecular formula is C21H25Cl2N5O2. The number of pyridine rings is 1. The van der Waals surface area contributed by atoms with E-state index >= 15 is 0 Å². The number of halogens is 2. The number of aromatic nitrogens is 3. The van der Waals surface area contributed by atoms with E-state index in [-0.39, 0.29) is 36.8 Å². The van der Waals surface area contributed by atoms with Crippen LogP contribution in [0.2, 0.25) is 0 Å². The smallest absolute Gasteiger partial charge is 0.251 e. The fraction of sp³-hybridized carbons (Fsp3) is 0.286. The first-order valence-electron chi connectivity index (χ1n) is 9.40. The van der Waals surface area contributed by atoms with Gasteiger partial charge < -0.3 is 20.3 Å². The van der Waals surface area contributed by atoms with E-state index in [1.807, 2.05) is 41.2 Å². The topological polar surface area (TPSA) is 92.1 Å². The van der Waals surface area contributed by atoms with Crippen molar-refractivity contribution in [2.24, 2.45) is 0 Å². The number of amides is 1. The molecule has 2 atom stereocenters. The number of β-amino-alcohol motifs (C(OH)–C–C–N with tert-alkyl or cyclic N) is 1. The van der Waals surface area contributed by atoms with Gasteiger partial charge >= 0.3 is 0 Å². The van der Waals surface area contributed by atoms with E-state index in [0.29, 0.717) is 12.1 Å². The summed E-state index contributed by atoms with van der Waals surface area (Å²) in [5, 5.41) is 16.0. The molecule has 1 saturated heterocycles. The molecule has 0 radical (unpaired) electrons. The number of benzene rings is 1. The summed E-state index contributed by atoms with van der Waals surface area (Å²) in [5.74, 6) is -0.166. The average Bonchev–Trinajstić information content (AvgIpc) is 3.23. The van der Waals surface area contributed by atoms with Crippen molar-refractivity contribution < 1.29 is 9.90 Å². The summed E-state index contributed by atoms with van der Waals surface area (Å²) >= 11 is 0. The van der Waals surface area contributed by atoms with E-state index in [9.17, 15) is 9.90 Å². The lowest BCUT2D eigenvalue weighted by atomic mass is 10.0. The highest BCUT2D eigenvalue weighted by molar-refractivity contribution is 5.94. The number of piperidine rings is 1. The molecule has 1 aliphatic heterocycles. The predicted molar refractivity (Wildman–Crippen MR) is 120 cm³/mol. The van der Waals surface area contributed by atoms with Crippen LogP contribution in [0.25, 0.3) is 11.3 Å². The third kappa shape index (κ3) is 5.79. The van der Waals surface area contributed by atoms with Crippen LogP contribution in [-0.4, -0.2) is 50.8 Å². The first kappa shape index (κ1) is 23.8. The van der Waals surface area contributed by atoms with Gasteiger partial charge in [-0.15, -0.1) is 24.8 Å². The Labute approximate surface area is 187 Å². The van der Waals surface area contributed by atoms with Gasteiger partial charge in [-0.2, -0.15) is 0 Å². The molecule has 3 aromatic rings. The van der Waals surface area contributed by atoms with E-state index in [0.717, 1.165) is 36.3 Å². The molecule has 0 spiro atoms. The molecule has 1 fully saturated rings. The second-order valence-corrected chi connectivity index (χ2v) is 7.00. The van der Waals surface area contributed by atoms with Crippen LogP contribution < -0.4 is 10.6 Å². The predicted octanol–water partition coefficient (Wildman–Crippen LogP) is 2.29. The van der Waals surface area contributed by atoms with E-state index in [2.05, 4.69) is 20.6 Å². The number of hydrogen-bond donors (Lipinski definition) is 3. The highest BCUT2D eigenvalue weighted by Gasteiger charge is 2.24. The average molecular weight is 450 g/mol. The van der Waals surface area contributed by atoms with E-state index in [1.165, 1.54) is 0 Å². The fourth-order valence-corrected chi connectivity index (χ4v) is 3.33. The van der Waals surface area contributed by atoms with Gasteiger partial charge in [0.15, 0.2) is 0 Å². The van der Waals surface area contributed by atoms with E-state index in [1.54, 1.807) is 24.7 Å². The largest absolute Gasteiger partial charge is 0.390 e. The lowest BCUT2D eigenvalue weighted by Crippen LogP contribution is -2.52. The summed E-state index contributed by atoms with van der Waals surface area (Å²) in [6, 6.07) is 11.2. The van der Waals surface area contributed by atoms with Gasteiger partial charge in [-0.1, -0.05) is 18.2 Å². The Bertz CT molecular complexity index is 918. The molecule has 1 aliphatic rings. The molecular weight excluding hydrogens is 425 g/mol. The first-order chi connectivity index (χ1) is 13.7. The second-order valence-electron chi connectivity index (χ2n) is 7.00. The maximum Gasteiger partial charge on any atom is 0.251 e. The number of aliphatic hydroxyl groups is 1. The van der Waals surface area contributed by atoms with Crippen molar-refractivity contribution in [2.75, 3.05) is 13.1 Å². The number of nitrogens with zero attached hydrogens (tertiary/aromatic N) is 3. The van der Waals surface area contributed by atoms with Crippen LogP contribution in [0.5, 0.6) is 0 Å². The Hall–Kier alpha value is -2.45. The lowest BCUT2D eigenvalue weighted by Gasteiger charge is -2.29. The highest BCUT2D eigenvalue weighted by Crippen LogP contribution is 2.18. The molecule has 0 saturated carbocycles. The molecule has 160 valence electrons. The zero-order valence-corrected chi connectivity index (χ0v) is 17.9. The van der Waals surface area contributed by atoms with Crippen molar-refractivity contribution in [3.8, 4) is 11.3 Å². The summed E-state index contributed by atoms with van der Waals surface area (Å²) in [7, 11) is 0. The monoisotopic (exact) mass is 449 g/mol. The Morgan fingerprint density at radius 2 is 2.00 bits per heavy atom. The number of nitrogens with one attached hydrogen (secondary N) is 2. The number of carbonyl (C=O) groups excluding carboxylic acids is 1. The normalized spacial score (nSPS) is 18.0. The molecule has 0 bridgehead atoms. The molecule has 4 rings (SSSR count). The van der Waals surface area contributed by atoms with Crippen LogP contribution in [0.15, 0.2) is 61.3 Å². The van der Waals surface area contributed by atoms with Crippen molar-refractivity contribution in [3.05, 3.63) is 72.4 Å². The second kappa shape index (κ2) is 11.1. The van der Waals surface area contributed by atoms with Crippen LogP contribution in [0.3, 0.4) is 0 Å². The molecule has 7 nitrogen and oxygen atoms in total. The van der Waals surface area contributed by atoms with Crippen LogP contribution in [0.1, 0.15) is 22.3 Å². The third-order valence-electron chi connectivity index (χ3n) is 4.96. The number of imidazole rings is 1. The van der Waals surface area contributed by atoms with Crippen molar-refractivity contribution in [2.45, 2.75) is 25.1 Å². The van der Waals surface area contributed by atoms with Gasteiger partial charge in [-0.3, -0.25) is 9.78 Å². The third-order valence-corrected chi connectivity index (χ3v) is 4.96. The van der Waals surface area contributed by atoms with Crippen LogP contribution in [0, 0.1) is 0 Å². The number of carbonyl (C=O) groups is 1. The summed E-state index contributed by atoms with van der Waals surface area (Å²) < 4.78 is 1.99.